The van der Waals surface area contributed by atoms with Gasteiger partial charge in [0, 0.05) is 6.54 Å². The molecular formula is C4H6F3NO2. The second kappa shape index (κ2) is 3.28. The molecule has 0 aliphatic heterocycles. The van der Waals surface area contributed by atoms with E-state index in [2.05, 4.69) is 0 Å². The van der Waals surface area contributed by atoms with Crippen molar-refractivity contribution in [2.75, 3.05) is 6.54 Å². The molecule has 60 valence electrons. The first kappa shape index (κ1) is 9.06. The van der Waals surface area contributed by atoms with Crippen molar-refractivity contribution < 1.29 is 23.1 Å². The molecule has 0 aromatic carbocycles. The highest BCUT2D eigenvalue weighted by Gasteiger charge is 2.26. The molecule has 0 spiro atoms. The smallest absolute Gasteiger partial charge is 0.404 e. The summed E-state index contributed by atoms with van der Waals surface area (Å²) in [7, 11) is 0. The second-order valence-electron chi connectivity index (χ2n) is 1.60. The first-order valence-corrected chi connectivity index (χ1v) is 2.45. The van der Waals surface area contributed by atoms with Crippen LogP contribution in [-0.4, -0.2) is 23.9 Å². The van der Waals surface area contributed by atoms with Gasteiger partial charge in [-0.05, 0) is 0 Å². The summed E-state index contributed by atoms with van der Waals surface area (Å²) in [6.45, 7) is -0.584. The highest BCUT2D eigenvalue weighted by molar-refractivity contribution is 5.64. The maximum Gasteiger partial charge on any atom is 0.404 e. The van der Waals surface area contributed by atoms with E-state index in [1.807, 2.05) is 0 Å². The van der Waals surface area contributed by atoms with Crippen molar-refractivity contribution in [3.63, 3.8) is 0 Å². The molecule has 6 heteroatoms. The maximum absolute atomic E-state index is 11.3. The monoisotopic (exact) mass is 157 g/mol. The second-order valence-corrected chi connectivity index (χ2v) is 1.60. The van der Waals surface area contributed by atoms with Crippen LogP contribution in [0.2, 0.25) is 0 Å². The van der Waals surface area contributed by atoms with Gasteiger partial charge < -0.3 is 10.4 Å². The maximum atomic E-state index is 11.3. The zero-order valence-electron chi connectivity index (χ0n) is 4.90. The molecule has 10 heavy (non-hydrogen) atoms. The highest BCUT2D eigenvalue weighted by atomic mass is 19.4. The Balaban J connectivity index is 3.29. The van der Waals surface area contributed by atoms with E-state index in [1.54, 1.807) is 5.32 Å². The predicted octanol–water partition coefficient (Wildman–Crippen LogP) is 1.21. The Kier molecular flexibility index (Phi) is 2.98. The third-order valence-corrected chi connectivity index (χ3v) is 0.685. The number of carboxylic acid groups (broad SMARTS) is 1. The summed E-state index contributed by atoms with van der Waals surface area (Å²) in [6, 6.07) is 0. The molecule has 0 bridgehead atoms. The lowest BCUT2D eigenvalue weighted by molar-refractivity contribution is -0.133. The van der Waals surface area contributed by atoms with E-state index in [0.717, 1.165) is 0 Å². The van der Waals surface area contributed by atoms with Gasteiger partial charge in [-0.2, -0.15) is 13.2 Å². The summed E-state index contributed by atoms with van der Waals surface area (Å²) in [5, 5.41) is 9.43. The van der Waals surface area contributed by atoms with Crippen LogP contribution in [0.15, 0.2) is 0 Å². The molecule has 0 saturated carbocycles. The van der Waals surface area contributed by atoms with Crippen molar-refractivity contribution in [2.45, 2.75) is 12.6 Å². The molecule has 0 aliphatic rings. The average molecular weight is 157 g/mol. The summed E-state index contributed by atoms with van der Waals surface area (Å²) in [5.41, 5.74) is 0. The van der Waals surface area contributed by atoms with Crippen LogP contribution in [0.3, 0.4) is 0 Å². The topological polar surface area (TPSA) is 49.3 Å². The molecule has 0 radical (unpaired) electrons. The predicted molar refractivity (Wildman–Crippen MR) is 26.7 cm³/mol. The summed E-state index contributed by atoms with van der Waals surface area (Å²) < 4.78 is 33.8. The summed E-state index contributed by atoms with van der Waals surface area (Å²) in [6.07, 6.45) is -6.86. The third kappa shape index (κ3) is 7.06. The van der Waals surface area contributed by atoms with Crippen LogP contribution in [0.1, 0.15) is 6.42 Å². The van der Waals surface area contributed by atoms with Gasteiger partial charge in [0.1, 0.15) is 0 Å². The van der Waals surface area contributed by atoms with Crippen molar-refractivity contribution in [1.82, 2.24) is 5.32 Å². The lowest BCUT2D eigenvalue weighted by Crippen LogP contribution is -2.26. The first-order chi connectivity index (χ1) is 4.42. The largest absolute Gasteiger partial charge is 0.465 e. The quantitative estimate of drug-likeness (QED) is 0.632. The number of hydrogen-bond acceptors (Lipinski definition) is 1. The Bertz CT molecular complexity index is 122. The van der Waals surface area contributed by atoms with Crippen LogP contribution in [-0.2, 0) is 0 Å². The fourth-order valence-electron chi connectivity index (χ4n) is 0.311. The minimum Gasteiger partial charge on any atom is -0.465 e. The van der Waals surface area contributed by atoms with E-state index in [4.69, 9.17) is 5.11 Å². The molecule has 0 fully saturated rings. The number of hydrogen-bond donors (Lipinski definition) is 2. The zero-order chi connectivity index (χ0) is 8.20. The molecule has 2 N–H and O–H groups in total. The standard InChI is InChI=1S/C4H6F3NO2/c5-4(6,7)1-2-8-3(9)10/h8H,1-2H2,(H,9,10). The SMILES string of the molecule is O=C(O)NCCC(F)(F)F. The van der Waals surface area contributed by atoms with Gasteiger partial charge in [-0.15, -0.1) is 0 Å². The summed E-state index contributed by atoms with van der Waals surface area (Å²) in [5.74, 6) is 0. The van der Waals surface area contributed by atoms with Gasteiger partial charge in [0.25, 0.3) is 0 Å². The fourth-order valence-corrected chi connectivity index (χ4v) is 0.311. The number of rotatable bonds is 2. The minimum absolute atomic E-state index is 0.584. The number of alkyl halides is 3. The molecule has 0 aliphatic carbocycles. The van der Waals surface area contributed by atoms with Crippen molar-refractivity contribution in [2.24, 2.45) is 0 Å². The van der Waals surface area contributed by atoms with Crippen molar-refractivity contribution in [3.8, 4) is 0 Å². The van der Waals surface area contributed by atoms with Gasteiger partial charge in [-0.1, -0.05) is 0 Å². The van der Waals surface area contributed by atoms with E-state index in [9.17, 15) is 18.0 Å². The van der Waals surface area contributed by atoms with Crippen molar-refractivity contribution in [3.05, 3.63) is 0 Å². The summed E-state index contributed by atoms with van der Waals surface area (Å²) >= 11 is 0. The van der Waals surface area contributed by atoms with Gasteiger partial charge >= 0.3 is 12.3 Å². The van der Waals surface area contributed by atoms with Crippen molar-refractivity contribution >= 4 is 6.09 Å². The zero-order valence-corrected chi connectivity index (χ0v) is 4.90. The molecule has 0 unspecified atom stereocenters. The van der Waals surface area contributed by atoms with Crippen LogP contribution in [0.5, 0.6) is 0 Å². The summed E-state index contributed by atoms with van der Waals surface area (Å²) in [4.78, 5) is 9.61. The van der Waals surface area contributed by atoms with Crippen LogP contribution >= 0.6 is 0 Å². The molecule has 0 aromatic rings. The van der Waals surface area contributed by atoms with Crippen molar-refractivity contribution in [1.29, 1.82) is 0 Å². The Morgan fingerprint density at radius 2 is 2.00 bits per heavy atom. The normalized spacial score (nSPS) is 11.1. The first-order valence-electron chi connectivity index (χ1n) is 2.45. The molecule has 0 rings (SSSR count). The van der Waals surface area contributed by atoms with Crippen LogP contribution < -0.4 is 5.32 Å². The van der Waals surface area contributed by atoms with E-state index < -0.39 is 25.2 Å². The van der Waals surface area contributed by atoms with Gasteiger partial charge in [0.15, 0.2) is 0 Å². The van der Waals surface area contributed by atoms with E-state index in [0.29, 0.717) is 0 Å². The highest BCUT2D eigenvalue weighted by Crippen LogP contribution is 2.17. The van der Waals surface area contributed by atoms with E-state index in [1.165, 1.54) is 0 Å². The van der Waals surface area contributed by atoms with Gasteiger partial charge in [0.2, 0.25) is 0 Å². The average Bonchev–Trinajstić information content (AvgIpc) is 1.59. The van der Waals surface area contributed by atoms with Crippen LogP contribution in [0.4, 0.5) is 18.0 Å². The van der Waals surface area contributed by atoms with Crippen LogP contribution in [0, 0.1) is 0 Å². The number of halogens is 3. The van der Waals surface area contributed by atoms with Gasteiger partial charge in [-0.25, -0.2) is 4.79 Å². The van der Waals surface area contributed by atoms with Gasteiger partial charge in [-0.3, -0.25) is 0 Å². The molecule has 3 nitrogen and oxygen atoms in total. The minimum atomic E-state index is -4.29. The molecular weight excluding hydrogens is 151 g/mol. The fraction of sp³-hybridized carbons (Fsp3) is 0.750. The molecule has 1 amide bonds. The Hall–Kier alpha value is -0.940. The lowest BCUT2D eigenvalue weighted by Gasteiger charge is -2.04. The van der Waals surface area contributed by atoms with Crippen LogP contribution in [0.25, 0.3) is 0 Å². The van der Waals surface area contributed by atoms with E-state index >= 15 is 0 Å². The Labute approximate surface area is 54.8 Å². The number of nitrogens with one attached hydrogen (secondary N) is 1. The van der Waals surface area contributed by atoms with E-state index in [-0.39, 0.29) is 0 Å². The Morgan fingerprint density at radius 1 is 1.50 bits per heavy atom. The molecule has 0 saturated heterocycles. The van der Waals surface area contributed by atoms with Gasteiger partial charge in [0.05, 0.1) is 6.42 Å². The number of amides is 1. The Morgan fingerprint density at radius 3 is 2.30 bits per heavy atom. The molecule has 0 atom stereocenters. The number of carbonyl (C=O) groups is 1. The lowest BCUT2D eigenvalue weighted by atomic mass is 10.4. The third-order valence-electron chi connectivity index (χ3n) is 0.685. The molecule has 0 heterocycles. The molecule has 0 aromatic heterocycles.